The molecule has 32 heavy (non-hydrogen) atoms. The number of piperidine rings is 1. The summed E-state index contributed by atoms with van der Waals surface area (Å²) in [5, 5.41) is 3.78. The van der Waals surface area contributed by atoms with Crippen molar-refractivity contribution < 1.29 is 16.4 Å². The summed E-state index contributed by atoms with van der Waals surface area (Å²) >= 11 is 0. The first-order valence-corrected chi connectivity index (χ1v) is 10.8. The lowest BCUT2D eigenvalue weighted by molar-refractivity contribution is 0.224. The van der Waals surface area contributed by atoms with E-state index in [0.29, 0.717) is 6.04 Å². The van der Waals surface area contributed by atoms with Crippen LogP contribution in [0.1, 0.15) is 43.1 Å². The number of para-hydroxylation sites is 2. The molecule has 3 heterocycles. The van der Waals surface area contributed by atoms with Gasteiger partial charge in [0.05, 0.1) is 28.5 Å². The van der Waals surface area contributed by atoms with Crippen LogP contribution in [0.15, 0.2) is 36.7 Å². The molecule has 0 bridgehead atoms. The van der Waals surface area contributed by atoms with E-state index in [1.807, 2.05) is 12.4 Å². The Kier molecular flexibility index (Phi) is 9.05. The van der Waals surface area contributed by atoms with Crippen LogP contribution in [0.4, 0.5) is 5.95 Å². The van der Waals surface area contributed by atoms with Crippen LogP contribution < -0.4 is 11.1 Å². The van der Waals surface area contributed by atoms with E-state index in [2.05, 4.69) is 44.0 Å². The minimum absolute atomic E-state index is 0. The molecule has 1 unspecified atom stereocenters. The molecule has 5 rings (SSSR count). The molecular weight excluding hydrogens is 410 g/mol. The van der Waals surface area contributed by atoms with Gasteiger partial charge in [-0.15, -0.1) is 0 Å². The quantitative estimate of drug-likeness (QED) is 0.562. The maximum absolute atomic E-state index is 5.72. The molecule has 0 spiro atoms. The Morgan fingerprint density at radius 1 is 1.00 bits per heavy atom. The summed E-state index contributed by atoms with van der Waals surface area (Å²) in [6.07, 6.45) is 9.05. The van der Waals surface area contributed by atoms with Gasteiger partial charge < -0.3 is 36.9 Å². The molecule has 0 amide bonds. The highest BCUT2D eigenvalue weighted by Gasteiger charge is 2.29. The molecule has 1 aliphatic carbocycles. The van der Waals surface area contributed by atoms with Crippen molar-refractivity contribution in [2.75, 3.05) is 31.5 Å². The van der Waals surface area contributed by atoms with Gasteiger partial charge in [0.2, 0.25) is 5.95 Å². The van der Waals surface area contributed by atoms with E-state index >= 15 is 0 Å². The molecule has 1 aliphatic heterocycles. The van der Waals surface area contributed by atoms with E-state index in [0.717, 1.165) is 81.1 Å². The van der Waals surface area contributed by atoms with Crippen LogP contribution >= 0.6 is 0 Å². The second-order valence-corrected chi connectivity index (χ2v) is 8.14. The predicted molar refractivity (Wildman–Crippen MR) is 126 cm³/mol. The van der Waals surface area contributed by atoms with Crippen molar-refractivity contribution in [1.29, 1.82) is 0 Å². The number of anilines is 1. The van der Waals surface area contributed by atoms with E-state index < -0.39 is 0 Å². The van der Waals surface area contributed by atoms with Crippen molar-refractivity contribution >= 4 is 17.0 Å². The molecule has 0 radical (unpaired) electrons. The van der Waals surface area contributed by atoms with Gasteiger partial charge >= 0.3 is 0 Å². The first-order valence-electron chi connectivity index (χ1n) is 10.8. The topological polar surface area (TPSA) is 179 Å². The zero-order valence-corrected chi connectivity index (χ0v) is 18.3. The van der Waals surface area contributed by atoms with E-state index in [1.54, 1.807) is 0 Å². The van der Waals surface area contributed by atoms with Gasteiger partial charge in [-0.3, -0.25) is 9.97 Å². The molecule has 176 valence electrons. The van der Waals surface area contributed by atoms with Crippen LogP contribution in [0, 0.1) is 0 Å². The first kappa shape index (κ1) is 25.6. The first-order chi connectivity index (χ1) is 14.3. The molecular formula is C22H35N7O3. The zero-order valence-electron chi connectivity index (χ0n) is 18.3. The Morgan fingerprint density at radius 3 is 2.53 bits per heavy atom. The maximum atomic E-state index is 5.72. The second kappa shape index (κ2) is 11.3. The molecule has 2 aromatic heterocycles. The Labute approximate surface area is 187 Å². The van der Waals surface area contributed by atoms with Gasteiger partial charge in [0.15, 0.2) is 0 Å². The summed E-state index contributed by atoms with van der Waals surface area (Å²) in [5.41, 5.74) is 10.1. The van der Waals surface area contributed by atoms with Crippen LogP contribution in [0.25, 0.3) is 11.0 Å². The number of aromatic nitrogens is 4. The Balaban J connectivity index is 0.00000121. The van der Waals surface area contributed by atoms with Gasteiger partial charge in [-0.2, -0.15) is 0 Å². The number of benzene rings is 1. The average Bonchev–Trinajstić information content (AvgIpc) is 3.12. The summed E-state index contributed by atoms with van der Waals surface area (Å²) in [4.78, 5) is 16.8. The lowest BCUT2D eigenvalue weighted by Gasteiger charge is -2.33. The van der Waals surface area contributed by atoms with Gasteiger partial charge in [-0.05, 0) is 44.2 Å². The fraction of sp³-hybridized carbons (Fsp3) is 0.500. The molecule has 9 N–H and O–H groups in total. The third kappa shape index (κ3) is 4.89. The van der Waals surface area contributed by atoms with Crippen LogP contribution in [0.5, 0.6) is 0 Å². The third-order valence-electron chi connectivity index (χ3n) is 6.29. The molecule has 1 atom stereocenters. The fourth-order valence-electron chi connectivity index (χ4n) is 4.83. The van der Waals surface area contributed by atoms with Gasteiger partial charge in [-0.25, -0.2) is 4.98 Å². The van der Waals surface area contributed by atoms with Gasteiger partial charge in [0, 0.05) is 44.6 Å². The highest BCUT2D eigenvalue weighted by Crippen LogP contribution is 2.36. The van der Waals surface area contributed by atoms with Gasteiger partial charge in [-0.1, -0.05) is 12.1 Å². The summed E-state index contributed by atoms with van der Waals surface area (Å²) in [5.74, 6) is 0.965. The van der Waals surface area contributed by atoms with Crippen molar-refractivity contribution in [1.82, 2.24) is 24.4 Å². The molecule has 1 aromatic carbocycles. The molecule has 0 saturated carbocycles. The number of fused-ring (bicyclic) bond motifs is 2. The van der Waals surface area contributed by atoms with Gasteiger partial charge in [0.25, 0.3) is 0 Å². The Morgan fingerprint density at radius 2 is 1.75 bits per heavy atom. The zero-order chi connectivity index (χ0) is 19.6. The van der Waals surface area contributed by atoms with Crippen molar-refractivity contribution in [2.24, 2.45) is 5.73 Å². The van der Waals surface area contributed by atoms with Crippen LogP contribution in [-0.4, -0.2) is 73.1 Å². The van der Waals surface area contributed by atoms with Crippen LogP contribution in [0.2, 0.25) is 0 Å². The Hall–Kier alpha value is -2.63. The minimum Gasteiger partial charge on any atom is -0.412 e. The monoisotopic (exact) mass is 445 g/mol. The number of imidazole rings is 1. The number of nitrogens with one attached hydrogen (secondary N) is 1. The van der Waals surface area contributed by atoms with Crippen LogP contribution in [-0.2, 0) is 6.42 Å². The van der Waals surface area contributed by atoms with Crippen molar-refractivity contribution in [3.8, 4) is 0 Å². The number of hydrogen-bond donors (Lipinski definition) is 2. The molecule has 10 heteroatoms. The summed E-state index contributed by atoms with van der Waals surface area (Å²) in [7, 11) is 0. The number of likely N-dealkylation sites (tertiary alicyclic amines) is 1. The van der Waals surface area contributed by atoms with Crippen LogP contribution in [0.3, 0.4) is 0 Å². The van der Waals surface area contributed by atoms with E-state index in [4.69, 9.17) is 15.7 Å². The van der Waals surface area contributed by atoms with Crippen molar-refractivity contribution in [3.63, 3.8) is 0 Å². The molecule has 1 fully saturated rings. The number of rotatable bonds is 5. The molecule has 2 aliphatic rings. The summed E-state index contributed by atoms with van der Waals surface area (Å²) in [6.45, 7) is 3.90. The maximum Gasteiger partial charge on any atom is 0.204 e. The number of nitrogens with zero attached hydrogens (tertiary/aromatic N) is 5. The van der Waals surface area contributed by atoms with E-state index in [-0.39, 0.29) is 22.5 Å². The smallest absolute Gasteiger partial charge is 0.204 e. The highest BCUT2D eigenvalue weighted by atomic mass is 16.0. The molecule has 1 saturated heterocycles. The predicted octanol–water partition coefficient (Wildman–Crippen LogP) is 0.113. The minimum atomic E-state index is 0. The average molecular weight is 446 g/mol. The second-order valence-electron chi connectivity index (χ2n) is 8.14. The lowest BCUT2D eigenvalue weighted by atomic mass is 9.95. The lowest BCUT2D eigenvalue weighted by Crippen LogP contribution is -2.41. The van der Waals surface area contributed by atoms with Gasteiger partial charge in [0.1, 0.15) is 0 Å². The molecule has 10 nitrogen and oxygen atoms in total. The molecule has 3 aromatic rings. The summed E-state index contributed by atoms with van der Waals surface area (Å²) in [6, 6.07) is 9.03. The van der Waals surface area contributed by atoms with Crippen molar-refractivity contribution in [3.05, 3.63) is 48.0 Å². The third-order valence-corrected chi connectivity index (χ3v) is 6.29. The number of nitrogens with two attached hydrogens (primary N) is 1. The van der Waals surface area contributed by atoms with E-state index in [1.165, 1.54) is 5.52 Å². The largest absolute Gasteiger partial charge is 0.412 e. The number of aryl methyl sites for hydroxylation is 1. The normalized spacial score (nSPS) is 18.7. The SMILES string of the molecule is NCCN1CCC(Nc2nc3ccccc3n2C2CCCc3nccnc32)CC1.O.O.O. The summed E-state index contributed by atoms with van der Waals surface area (Å²) < 4.78 is 2.37. The highest BCUT2D eigenvalue weighted by molar-refractivity contribution is 5.79. The van der Waals surface area contributed by atoms with E-state index in [9.17, 15) is 0 Å². The standard InChI is InChI=1S/C22H29N7.3H2O/c23-10-15-28-13-8-16(9-14-28)26-22-27-17-4-1-2-6-19(17)29(22)20-7-3-5-18-21(20)25-12-11-24-18;;;/h1-2,4,6,11-12,16,20H,3,5,7-10,13-15,23H2,(H,26,27);3*1H2. The fourth-order valence-corrected chi connectivity index (χ4v) is 4.83. The Bertz CT molecular complexity index is 989. The van der Waals surface area contributed by atoms with Crippen molar-refractivity contribution in [2.45, 2.75) is 44.2 Å². The number of hydrogen-bond acceptors (Lipinski definition) is 6.